The highest BCUT2D eigenvalue weighted by Gasteiger charge is 2.14. The minimum absolute atomic E-state index is 0.114. The molecule has 2 unspecified atom stereocenters. The van der Waals surface area contributed by atoms with Crippen LogP contribution in [0.5, 0.6) is 0 Å². The summed E-state index contributed by atoms with van der Waals surface area (Å²) in [7, 11) is 0. The van der Waals surface area contributed by atoms with Crippen molar-refractivity contribution in [2.75, 3.05) is 6.54 Å². The molecule has 0 saturated heterocycles. The number of amides is 2. The zero-order chi connectivity index (χ0) is 15.9. The second-order valence-corrected chi connectivity index (χ2v) is 6.16. The molecule has 1 heterocycles. The number of hydrogen-bond acceptors (Lipinski definition) is 3. The molecule has 1 aromatic heterocycles. The molecule has 0 fully saturated rings. The van der Waals surface area contributed by atoms with Crippen LogP contribution in [0.2, 0.25) is 5.02 Å². The van der Waals surface area contributed by atoms with E-state index in [-0.39, 0.29) is 18.6 Å². The number of halogens is 1. The monoisotopic (exact) mass is 338 g/mol. The Balaban J connectivity index is 1.87. The van der Waals surface area contributed by atoms with Crippen LogP contribution in [0.3, 0.4) is 0 Å². The van der Waals surface area contributed by atoms with E-state index in [4.69, 9.17) is 11.6 Å². The Labute approximate surface area is 139 Å². The highest BCUT2D eigenvalue weighted by molar-refractivity contribution is 7.07. The van der Waals surface area contributed by atoms with Gasteiger partial charge in [0.2, 0.25) is 0 Å². The number of aliphatic hydroxyl groups is 1. The fraction of sp³-hybridized carbons (Fsp3) is 0.312. The van der Waals surface area contributed by atoms with Gasteiger partial charge < -0.3 is 15.7 Å². The molecule has 0 aliphatic heterocycles. The summed E-state index contributed by atoms with van der Waals surface area (Å²) in [6.07, 6.45) is 0.0594. The van der Waals surface area contributed by atoms with Gasteiger partial charge in [0.05, 0.1) is 12.1 Å². The van der Waals surface area contributed by atoms with Crippen LogP contribution in [0.25, 0.3) is 0 Å². The summed E-state index contributed by atoms with van der Waals surface area (Å²) in [4.78, 5) is 12.0. The molecule has 2 amide bonds. The van der Waals surface area contributed by atoms with Gasteiger partial charge in [0.1, 0.15) is 0 Å². The van der Waals surface area contributed by atoms with Crippen molar-refractivity contribution in [1.82, 2.24) is 10.6 Å². The molecule has 2 aromatic rings. The molecular formula is C16H19ClN2O2S. The van der Waals surface area contributed by atoms with Gasteiger partial charge in [-0.3, -0.25) is 0 Å². The molecule has 0 spiro atoms. The van der Waals surface area contributed by atoms with Gasteiger partial charge in [-0.05, 0) is 46.5 Å². The molecule has 0 bridgehead atoms. The van der Waals surface area contributed by atoms with Crippen LogP contribution < -0.4 is 10.6 Å². The standard InChI is InChI=1S/C16H19ClN2O2S/c1-2-14(11-4-3-5-13(17)8-11)19-16(21)18-9-15(20)12-6-7-22-10-12/h3-8,10,14-15,20H,2,9H2,1H3,(H2,18,19,21). The number of rotatable bonds is 6. The van der Waals surface area contributed by atoms with Crippen molar-refractivity contribution in [2.45, 2.75) is 25.5 Å². The Morgan fingerprint density at radius 2 is 2.18 bits per heavy atom. The van der Waals surface area contributed by atoms with E-state index in [2.05, 4.69) is 10.6 Å². The van der Waals surface area contributed by atoms with E-state index in [0.717, 1.165) is 17.5 Å². The van der Waals surface area contributed by atoms with Crippen molar-refractivity contribution in [3.63, 3.8) is 0 Å². The average molecular weight is 339 g/mol. The molecule has 3 N–H and O–H groups in total. The molecule has 1 aromatic carbocycles. The van der Waals surface area contributed by atoms with E-state index in [1.807, 2.05) is 41.9 Å². The highest BCUT2D eigenvalue weighted by atomic mass is 35.5. The third-order valence-electron chi connectivity index (χ3n) is 3.35. The molecule has 2 atom stereocenters. The molecule has 0 aliphatic rings. The SMILES string of the molecule is CCC(NC(=O)NCC(O)c1ccsc1)c1cccc(Cl)c1. The second kappa shape index (κ2) is 8.17. The number of aliphatic hydroxyl groups excluding tert-OH is 1. The lowest BCUT2D eigenvalue weighted by Crippen LogP contribution is -2.39. The van der Waals surface area contributed by atoms with Gasteiger partial charge in [-0.1, -0.05) is 30.7 Å². The maximum atomic E-state index is 12.0. The number of benzene rings is 1. The van der Waals surface area contributed by atoms with Crippen LogP contribution in [-0.2, 0) is 0 Å². The van der Waals surface area contributed by atoms with Gasteiger partial charge in [0.15, 0.2) is 0 Å². The van der Waals surface area contributed by atoms with Crippen molar-refractivity contribution >= 4 is 29.0 Å². The van der Waals surface area contributed by atoms with Crippen molar-refractivity contribution < 1.29 is 9.90 Å². The molecule has 2 rings (SSSR count). The van der Waals surface area contributed by atoms with Crippen molar-refractivity contribution in [1.29, 1.82) is 0 Å². The van der Waals surface area contributed by atoms with Crippen LogP contribution in [0.1, 0.15) is 36.6 Å². The predicted molar refractivity (Wildman–Crippen MR) is 90.3 cm³/mol. The Kier molecular flexibility index (Phi) is 6.24. The van der Waals surface area contributed by atoms with Gasteiger partial charge in [0, 0.05) is 11.6 Å². The van der Waals surface area contributed by atoms with Gasteiger partial charge in [0.25, 0.3) is 0 Å². The van der Waals surface area contributed by atoms with E-state index in [1.165, 1.54) is 11.3 Å². The summed E-state index contributed by atoms with van der Waals surface area (Å²) >= 11 is 7.50. The second-order valence-electron chi connectivity index (χ2n) is 4.94. The highest BCUT2D eigenvalue weighted by Crippen LogP contribution is 2.20. The number of hydrogen-bond donors (Lipinski definition) is 3. The van der Waals surface area contributed by atoms with Gasteiger partial charge in [-0.15, -0.1) is 0 Å². The number of thiophene rings is 1. The zero-order valence-electron chi connectivity index (χ0n) is 12.3. The maximum Gasteiger partial charge on any atom is 0.315 e. The molecule has 22 heavy (non-hydrogen) atoms. The minimum atomic E-state index is -0.691. The van der Waals surface area contributed by atoms with Crippen LogP contribution in [0.4, 0.5) is 4.79 Å². The quantitative estimate of drug-likeness (QED) is 0.748. The van der Waals surface area contributed by atoms with Crippen LogP contribution in [-0.4, -0.2) is 17.7 Å². The maximum absolute atomic E-state index is 12.0. The normalized spacial score (nSPS) is 13.4. The van der Waals surface area contributed by atoms with Crippen molar-refractivity contribution in [2.24, 2.45) is 0 Å². The third-order valence-corrected chi connectivity index (χ3v) is 4.29. The van der Waals surface area contributed by atoms with E-state index < -0.39 is 6.10 Å². The molecule has 4 nitrogen and oxygen atoms in total. The first-order chi connectivity index (χ1) is 10.6. The van der Waals surface area contributed by atoms with E-state index in [9.17, 15) is 9.90 Å². The lowest BCUT2D eigenvalue weighted by molar-refractivity contribution is 0.173. The molecular weight excluding hydrogens is 320 g/mol. The predicted octanol–water partition coefficient (Wildman–Crippen LogP) is 3.89. The Bertz CT molecular complexity index is 604. The number of urea groups is 1. The number of carbonyl (C=O) groups excluding carboxylic acids is 1. The lowest BCUT2D eigenvalue weighted by atomic mass is 10.1. The van der Waals surface area contributed by atoms with Gasteiger partial charge in [-0.25, -0.2) is 4.79 Å². The molecule has 0 radical (unpaired) electrons. The minimum Gasteiger partial charge on any atom is -0.387 e. The lowest BCUT2D eigenvalue weighted by Gasteiger charge is -2.19. The topological polar surface area (TPSA) is 61.4 Å². The molecule has 0 saturated carbocycles. The first-order valence-electron chi connectivity index (χ1n) is 7.10. The molecule has 0 aliphatic carbocycles. The average Bonchev–Trinajstić information content (AvgIpc) is 3.04. The summed E-state index contributed by atoms with van der Waals surface area (Å²) < 4.78 is 0. The summed E-state index contributed by atoms with van der Waals surface area (Å²) in [5, 5.41) is 19.9. The van der Waals surface area contributed by atoms with Crippen LogP contribution in [0.15, 0.2) is 41.1 Å². The summed E-state index contributed by atoms with van der Waals surface area (Å²) in [5.41, 5.74) is 1.77. The summed E-state index contributed by atoms with van der Waals surface area (Å²) in [6.45, 7) is 2.17. The molecule has 6 heteroatoms. The first-order valence-corrected chi connectivity index (χ1v) is 8.42. The van der Waals surface area contributed by atoms with Gasteiger partial charge >= 0.3 is 6.03 Å². The molecule has 118 valence electrons. The summed E-state index contributed by atoms with van der Waals surface area (Å²) in [6, 6.07) is 8.86. The van der Waals surface area contributed by atoms with Crippen molar-refractivity contribution in [3.8, 4) is 0 Å². The van der Waals surface area contributed by atoms with E-state index in [1.54, 1.807) is 6.07 Å². The smallest absolute Gasteiger partial charge is 0.315 e. The Morgan fingerprint density at radius 1 is 1.36 bits per heavy atom. The zero-order valence-corrected chi connectivity index (χ0v) is 13.8. The van der Waals surface area contributed by atoms with Crippen LogP contribution >= 0.6 is 22.9 Å². The third kappa shape index (κ3) is 4.73. The van der Waals surface area contributed by atoms with Gasteiger partial charge in [-0.2, -0.15) is 11.3 Å². The van der Waals surface area contributed by atoms with E-state index in [0.29, 0.717) is 5.02 Å². The Hall–Kier alpha value is -1.56. The largest absolute Gasteiger partial charge is 0.387 e. The Morgan fingerprint density at radius 3 is 2.82 bits per heavy atom. The van der Waals surface area contributed by atoms with Crippen LogP contribution in [0, 0.1) is 0 Å². The fourth-order valence-electron chi connectivity index (χ4n) is 2.13. The fourth-order valence-corrected chi connectivity index (χ4v) is 3.03. The number of nitrogens with one attached hydrogen (secondary N) is 2. The number of carbonyl (C=O) groups is 1. The summed E-state index contributed by atoms with van der Waals surface area (Å²) in [5.74, 6) is 0. The van der Waals surface area contributed by atoms with E-state index >= 15 is 0 Å². The van der Waals surface area contributed by atoms with Crippen molar-refractivity contribution in [3.05, 3.63) is 57.2 Å². The first kappa shape index (κ1) is 16.8.